The first-order valence-electron chi connectivity index (χ1n) is 6.89. The van der Waals surface area contributed by atoms with Crippen LogP contribution in [0.4, 0.5) is 13.6 Å². The van der Waals surface area contributed by atoms with E-state index in [0.717, 1.165) is 32.2 Å². The van der Waals surface area contributed by atoms with Gasteiger partial charge in [-0.1, -0.05) is 18.7 Å². The minimum absolute atomic E-state index is 0.00931. The quantitative estimate of drug-likeness (QED) is 0.467. The molecular formula is C16H17F2NO5. The molecule has 8 heteroatoms. The number of benzene rings is 1. The molecule has 0 spiro atoms. The highest BCUT2D eigenvalue weighted by atomic mass is 19.2. The topological polar surface area (TPSA) is 81.7 Å². The molecule has 130 valence electrons. The predicted octanol–water partition coefficient (Wildman–Crippen LogP) is 2.30. The Morgan fingerprint density at radius 3 is 2.46 bits per heavy atom. The van der Waals surface area contributed by atoms with Gasteiger partial charge in [0.1, 0.15) is 18.3 Å². The average Bonchev–Trinajstić information content (AvgIpc) is 2.54. The number of carbonyl (C=O) groups excluding carboxylic acids is 3. The highest BCUT2D eigenvalue weighted by Gasteiger charge is 2.36. The molecule has 0 aliphatic carbocycles. The molecule has 0 aromatic heterocycles. The van der Waals surface area contributed by atoms with Gasteiger partial charge >= 0.3 is 12.1 Å². The van der Waals surface area contributed by atoms with Crippen molar-refractivity contribution in [2.45, 2.75) is 13.0 Å². The van der Waals surface area contributed by atoms with Crippen molar-refractivity contribution in [3.63, 3.8) is 0 Å². The van der Waals surface area contributed by atoms with Crippen molar-refractivity contribution in [2.24, 2.45) is 5.92 Å². The van der Waals surface area contributed by atoms with Crippen LogP contribution in [0.3, 0.4) is 0 Å². The standard InChI is InChI=1S/C16H17F2NO5/c1-4-7-24-16(22)19-14(13(9(2)20)15(21)23-3)10-5-6-11(17)12(18)8-10/h4-6,8,13-14H,1,7H2,2-3H3,(H,19,22). The largest absolute Gasteiger partial charge is 0.468 e. The number of esters is 1. The Balaban J connectivity index is 3.25. The van der Waals surface area contributed by atoms with Crippen LogP contribution in [0.25, 0.3) is 0 Å². The van der Waals surface area contributed by atoms with Gasteiger partial charge in [0.25, 0.3) is 0 Å². The summed E-state index contributed by atoms with van der Waals surface area (Å²) < 4.78 is 35.9. The predicted molar refractivity (Wildman–Crippen MR) is 80.0 cm³/mol. The van der Waals surface area contributed by atoms with Gasteiger partial charge in [-0.2, -0.15) is 0 Å². The lowest BCUT2D eigenvalue weighted by Crippen LogP contribution is -2.40. The third-order valence-electron chi connectivity index (χ3n) is 3.13. The van der Waals surface area contributed by atoms with Crippen LogP contribution < -0.4 is 5.32 Å². The van der Waals surface area contributed by atoms with E-state index in [9.17, 15) is 23.2 Å². The first kappa shape index (κ1) is 19.3. The molecule has 1 aromatic rings. The highest BCUT2D eigenvalue weighted by molar-refractivity contribution is 5.99. The number of hydrogen-bond donors (Lipinski definition) is 1. The summed E-state index contributed by atoms with van der Waals surface area (Å²) >= 11 is 0. The monoisotopic (exact) mass is 341 g/mol. The molecule has 1 N–H and O–H groups in total. The van der Waals surface area contributed by atoms with E-state index < -0.39 is 41.4 Å². The number of Topliss-reactive ketones (excluding diaryl/α,β-unsaturated/α-hetero) is 1. The van der Waals surface area contributed by atoms with Gasteiger partial charge in [0.05, 0.1) is 13.2 Å². The number of hydrogen-bond acceptors (Lipinski definition) is 5. The van der Waals surface area contributed by atoms with E-state index in [-0.39, 0.29) is 12.2 Å². The highest BCUT2D eigenvalue weighted by Crippen LogP contribution is 2.26. The fourth-order valence-corrected chi connectivity index (χ4v) is 2.03. The van der Waals surface area contributed by atoms with Crippen molar-refractivity contribution in [2.75, 3.05) is 13.7 Å². The summed E-state index contributed by atoms with van der Waals surface area (Å²) in [5.74, 6) is -5.30. The van der Waals surface area contributed by atoms with Gasteiger partial charge < -0.3 is 14.8 Å². The molecule has 2 unspecified atom stereocenters. The summed E-state index contributed by atoms with van der Waals surface area (Å²) in [6.07, 6.45) is 0.356. The summed E-state index contributed by atoms with van der Waals surface area (Å²) in [4.78, 5) is 35.5. The second kappa shape index (κ2) is 8.76. The number of carbonyl (C=O) groups is 3. The minimum Gasteiger partial charge on any atom is -0.468 e. The fourth-order valence-electron chi connectivity index (χ4n) is 2.03. The van der Waals surface area contributed by atoms with Crippen molar-refractivity contribution in [1.29, 1.82) is 0 Å². The Kier molecular flexibility index (Phi) is 7.03. The maximum atomic E-state index is 13.5. The summed E-state index contributed by atoms with van der Waals surface area (Å²) in [6.45, 7) is 4.38. The molecule has 0 bridgehead atoms. The van der Waals surface area contributed by atoms with Crippen LogP contribution >= 0.6 is 0 Å². The van der Waals surface area contributed by atoms with E-state index in [4.69, 9.17) is 4.74 Å². The fraction of sp³-hybridized carbons (Fsp3) is 0.312. The van der Waals surface area contributed by atoms with Gasteiger partial charge in [-0.05, 0) is 24.6 Å². The number of halogens is 2. The molecule has 1 amide bonds. The third kappa shape index (κ3) is 4.87. The normalized spacial score (nSPS) is 12.7. The van der Waals surface area contributed by atoms with Gasteiger partial charge in [0.2, 0.25) is 0 Å². The molecule has 6 nitrogen and oxygen atoms in total. The van der Waals surface area contributed by atoms with Crippen molar-refractivity contribution in [3.05, 3.63) is 48.1 Å². The summed E-state index contributed by atoms with van der Waals surface area (Å²) in [5.41, 5.74) is 0.00931. The van der Waals surface area contributed by atoms with E-state index in [1.165, 1.54) is 6.08 Å². The second-order valence-corrected chi connectivity index (χ2v) is 4.79. The Labute approximate surface area is 137 Å². The lowest BCUT2D eigenvalue weighted by molar-refractivity contribution is -0.150. The Bertz CT molecular complexity index is 647. The average molecular weight is 341 g/mol. The van der Waals surface area contributed by atoms with Crippen LogP contribution in [-0.2, 0) is 19.1 Å². The molecule has 1 aromatic carbocycles. The first-order valence-corrected chi connectivity index (χ1v) is 6.89. The SMILES string of the molecule is C=CCOC(=O)NC(c1ccc(F)c(F)c1)C(C(C)=O)C(=O)OC. The molecule has 24 heavy (non-hydrogen) atoms. The lowest BCUT2D eigenvalue weighted by atomic mass is 9.90. The minimum atomic E-state index is -1.45. The van der Waals surface area contributed by atoms with Crippen molar-refractivity contribution >= 4 is 17.8 Å². The first-order chi connectivity index (χ1) is 11.3. The van der Waals surface area contributed by atoms with E-state index >= 15 is 0 Å². The molecule has 0 radical (unpaired) electrons. The van der Waals surface area contributed by atoms with Crippen molar-refractivity contribution in [3.8, 4) is 0 Å². The van der Waals surface area contributed by atoms with E-state index in [1.807, 2.05) is 0 Å². The number of methoxy groups -OCH3 is 1. The summed E-state index contributed by atoms with van der Waals surface area (Å²) in [5, 5.41) is 2.29. The molecule has 0 aliphatic heterocycles. The smallest absolute Gasteiger partial charge is 0.407 e. The zero-order valence-electron chi connectivity index (χ0n) is 13.2. The van der Waals surface area contributed by atoms with Crippen LogP contribution in [0.5, 0.6) is 0 Å². The molecule has 0 aliphatic rings. The molecule has 0 heterocycles. The summed E-state index contributed by atoms with van der Waals surface area (Å²) in [7, 11) is 1.07. The van der Waals surface area contributed by atoms with Crippen molar-refractivity contribution < 1.29 is 32.6 Å². The van der Waals surface area contributed by atoms with Gasteiger partial charge in [-0.25, -0.2) is 13.6 Å². The Morgan fingerprint density at radius 1 is 1.29 bits per heavy atom. The number of amides is 1. The van der Waals surface area contributed by atoms with Gasteiger partial charge in [-0.3, -0.25) is 9.59 Å². The zero-order chi connectivity index (χ0) is 18.3. The van der Waals surface area contributed by atoms with Crippen LogP contribution in [-0.4, -0.2) is 31.6 Å². The second-order valence-electron chi connectivity index (χ2n) is 4.79. The Hall–Kier alpha value is -2.77. The number of nitrogens with one attached hydrogen (secondary N) is 1. The number of rotatable bonds is 7. The van der Waals surface area contributed by atoms with Crippen molar-refractivity contribution in [1.82, 2.24) is 5.32 Å². The number of alkyl carbamates (subject to hydrolysis) is 1. The maximum Gasteiger partial charge on any atom is 0.407 e. The van der Waals surface area contributed by atoms with Crippen LogP contribution in [0.15, 0.2) is 30.9 Å². The third-order valence-corrected chi connectivity index (χ3v) is 3.13. The van der Waals surface area contributed by atoms with Gasteiger partial charge in [0, 0.05) is 0 Å². The molecule has 0 fully saturated rings. The number of ether oxygens (including phenoxy) is 2. The van der Waals surface area contributed by atoms with E-state index in [0.29, 0.717) is 0 Å². The maximum absolute atomic E-state index is 13.5. The van der Waals surface area contributed by atoms with Gasteiger partial charge in [-0.15, -0.1) is 0 Å². The molecule has 2 atom stereocenters. The van der Waals surface area contributed by atoms with E-state index in [2.05, 4.69) is 16.6 Å². The van der Waals surface area contributed by atoms with Crippen LogP contribution in [0, 0.1) is 17.6 Å². The molecule has 1 rings (SSSR count). The van der Waals surface area contributed by atoms with Crippen LogP contribution in [0.2, 0.25) is 0 Å². The number of ketones is 1. The van der Waals surface area contributed by atoms with Crippen LogP contribution in [0.1, 0.15) is 18.5 Å². The zero-order valence-corrected chi connectivity index (χ0v) is 13.2. The van der Waals surface area contributed by atoms with E-state index in [1.54, 1.807) is 0 Å². The lowest BCUT2D eigenvalue weighted by Gasteiger charge is -2.24. The molecular weight excluding hydrogens is 324 g/mol. The molecule has 0 saturated heterocycles. The molecule has 0 saturated carbocycles. The summed E-state index contributed by atoms with van der Waals surface area (Å²) in [6, 6.07) is 1.47. The van der Waals surface area contributed by atoms with Gasteiger partial charge in [0.15, 0.2) is 11.6 Å². The Morgan fingerprint density at radius 2 is 1.96 bits per heavy atom.